The third-order valence-electron chi connectivity index (χ3n) is 2.06. The fourth-order valence-electron chi connectivity index (χ4n) is 1.34. The molecule has 0 fully saturated rings. The second kappa shape index (κ2) is 2.89. The second-order valence-corrected chi connectivity index (χ2v) is 3.23. The zero-order valence-corrected chi connectivity index (χ0v) is 7.76. The number of carbonyl (C=O) groups is 1. The van der Waals surface area contributed by atoms with Gasteiger partial charge < -0.3 is 4.42 Å². The van der Waals surface area contributed by atoms with Gasteiger partial charge >= 0.3 is 0 Å². The number of aryl methyl sites for hydroxylation is 1. The maximum absolute atomic E-state index is 10.6. The first-order valence-corrected chi connectivity index (χ1v) is 4.24. The predicted molar refractivity (Wildman–Crippen MR) is 51.3 cm³/mol. The monoisotopic (exact) mass is 194 g/mol. The number of rotatable bonds is 1. The lowest BCUT2D eigenvalue weighted by atomic mass is 10.1. The van der Waals surface area contributed by atoms with Crippen LogP contribution in [-0.4, -0.2) is 6.29 Å². The van der Waals surface area contributed by atoms with E-state index in [1.54, 1.807) is 6.07 Å². The summed E-state index contributed by atoms with van der Waals surface area (Å²) in [7, 11) is 0. The molecule has 0 aliphatic rings. The summed E-state index contributed by atoms with van der Waals surface area (Å²) in [5, 5.41) is 1.43. The highest BCUT2D eigenvalue weighted by Crippen LogP contribution is 2.29. The van der Waals surface area contributed by atoms with Gasteiger partial charge in [0.1, 0.15) is 0 Å². The zero-order valence-electron chi connectivity index (χ0n) is 7.00. The summed E-state index contributed by atoms with van der Waals surface area (Å²) in [5.74, 6) is 0.350. The van der Waals surface area contributed by atoms with Crippen molar-refractivity contribution in [3.8, 4) is 0 Å². The molecule has 0 aliphatic carbocycles. The lowest BCUT2D eigenvalue weighted by Crippen LogP contribution is -1.76. The fourth-order valence-corrected chi connectivity index (χ4v) is 1.55. The number of furan rings is 1. The van der Waals surface area contributed by atoms with E-state index in [4.69, 9.17) is 16.0 Å². The molecule has 1 aromatic heterocycles. The van der Waals surface area contributed by atoms with Gasteiger partial charge in [0.2, 0.25) is 0 Å². The fraction of sp³-hybridized carbons (Fsp3) is 0.100. The van der Waals surface area contributed by atoms with Crippen molar-refractivity contribution in [1.82, 2.24) is 0 Å². The molecule has 2 aromatic rings. The number of hydrogen-bond acceptors (Lipinski definition) is 2. The van der Waals surface area contributed by atoms with Crippen LogP contribution in [0.2, 0.25) is 5.02 Å². The summed E-state index contributed by atoms with van der Waals surface area (Å²) in [5.41, 5.74) is 1.43. The number of para-hydroxylation sites is 1. The van der Waals surface area contributed by atoms with Crippen LogP contribution in [0.25, 0.3) is 11.0 Å². The van der Waals surface area contributed by atoms with Gasteiger partial charge in [0, 0.05) is 10.9 Å². The van der Waals surface area contributed by atoms with Crippen molar-refractivity contribution in [2.24, 2.45) is 0 Å². The van der Waals surface area contributed by atoms with Crippen molar-refractivity contribution in [2.75, 3.05) is 0 Å². The first-order valence-electron chi connectivity index (χ1n) is 3.87. The maximum Gasteiger partial charge on any atom is 0.185 e. The molecule has 0 saturated heterocycles. The molecular formula is C10H7ClO2. The van der Waals surface area contributed by atoms with Crippen LogP contribution in [0.4, 0.5) is 0 Å². The largest absolute Gasteiger partial charge is 0.451 e. The molecule has 1 heterocycles. The molecule has 3 heteroatoms. The Balaban J connectivity index is 2.91. The van der Waals surface area contributed by atoms with Crippen LogP contribution in [0.15, 0.2) is 22.6 Å². The van der Waals surface area contributed by atoms with E-state index in [0.29, 0.717) is 22.7 Å². The average molecular weight is 195 g/mol. The molecule has 0 amide bonds. The Morgan fingerprint density at radius 2 is 2.23 bits per heavy atom. The molecule has 0 bridgehead atoms. The van der Waals surface area contributed by atoms with E-state index >= 15 is 0 Å². The Hall–Kier alpha value is -1.28. The molecule has 2 nitrogen and oxygen atoms in total. The highest BCUT2D eigenvalue weighted by Gasteiger charge is 2.10. The third kappa shape index (κ3) is 1.14. The van der Waals surface area contributed by atoms with Crippen LogP contribution in [0.5, 0.6) is 0 Å². The Morgan fingerprint density at radius 3 is 2.85 bits per heavy atom. The molecule has 0 N–H and O–H groups in total. The maximum atomic E-state index is 10.6. The Morgan fingerprint density at radius 1 is 1.46 bits per heavy atom. The molecule has 0 radical (unpaired) electrons. The summed E-state index contributed by atoms with van der Waals surface area (Å²) >= 11 is 5.89. The molecule has 0 unspecified atom stereocenters. The molecular weight excluding hydrogens is 188 g/mol. The topological polar surface area (TPSA) is 30.2 Å². The molecule has 66 valence electrons. The molecule has 1 aromatic carbocycles. The van der Waals surface area contributed by atoms with E-state index in [1.165, 1.54) is 0 Å². The molecule has 2 rings (SSSR count). The Labute approximate surface area is 80.1 Å². The molecule has 13 heavy (non-hydrogen) atoms. The van der Waals surface area contributed by atoms with Gasteiger partial charge in [0.05, 0.1) is 5.02 Å². The first-order chi connectivity index (χ1) is 6.24. The van der Waals surface area contributed by atoms with E-state index in [-0.39, 0.29) is 0 Å². The summed E-state index contributed by atoms with van der Waals surface area (Å²) in [6, 6.07) is 5.45. The standard InChI is InChI=1S/C10H7ClO2/c1-6-7-3-2-4-8(11)10(7)13-9(6)5-12/h2-5H,1H3. The normalized spacial score (nSPS) is 10.6. The smallest absolute Gasteiger partial charge is 0.185 e. The summed E-state index contributed by atoms with van der Waals surface area (Å²) in [6.07, 6.45) is 0.700. The molecule has 0 aliphatic heterocycles. The van der Waals surface area contributed by atoms with Crippen molar-refractivity contribution in [3.63, 3.8) is 0 Å². The minimum absolute atomic E-state index is 0.350. The SMILES string of the molecule is Cc1c(C=O)oc2c(Cl)cccc12. The van der Waals surface area contributed by atoms with Crippen molar-refractivity contribution >= 4 is 28.9 Å². The summed E-state index contributed by atoms with van der Waals surface area (Å²) < 4.78 is 5.28. The van der Waals surface area contributed by atoms with Crippen LogP contribution in [0, 0.1) is 6.92 Å². The number of aldehydes is 1. The van der Waals surface area contributed by atoms with Crippen LogP contribution >= 0.6 is 11.6 Å². The van der Waals surface area contributed by atoms with E-state index in [9.17, 15) is 4.79 Å². The van der Waals surface area contributed by atoms with Gasteiger partial charge in [-0.25, -0.2) is 0 Å². The highest BCUT2D eigenvalue weighted by molar-refractivity contribution is 6.35. The molecule has 0 atom stereocenters. The van der Waals surface area contributed by atoms with E-state index in [1.807, 2.05) is 19.1 Å². The van der Waals surface area contributed by atoms with Gasteiger partial charge in [-0.3, -0.25) is 4.79 Å². The highest BCUT2D eigenvalue weighted by atomic mass is 35.5. The second-order valence-electron chi connectivity index (χ2n) is 2.83. The van der Waals surface area contributed by atoms with Crippen LogP contribution in [0.3, 0.4) is 0 Å². The van der Waals surface area contributed by atoms with E-state index < -0.39 is 0 Å². The Bertz CT molecular complexity index is 471. The van der Waals surface area contributed by atoms with Gasteiger partial charge in [-0.15, -0.1) is 0 Å². The van der Waals surface area contributed by atoms with Crippen LogP contribution in [-0.2, 0) is 0 Å². The van der Waals surface area contributed by atoms with Crippen LogP contribution < -0.4 is 0 Å². The van der Waals surface area contributed by atoms with Crippen molar-refractivity contribution in [2.45, 2.75) is 6.92 Å². The minimum Gasteiger partial charge on any atom is -0.451 e. The quantitative estimate of drug-likeness (QED) is 0.653. The number of carbonyl (C=O) groups excluding carboxylic acids is 1. The lowest BCUT2D eigenvalue weighted by molar-refractivity contribution is 0.110. The lowest BCUT2D eigenvalue weighted by Gasteiger charge is -1.90. The van der Waals surface area contributed by atoms with Crippen molar-refractivity contribution in [1.29, 1.82) is 0 Å². The first kappa shape index (κ1) is 8.32. The van der Waals surface area contributed by atoms with Crippen LogP contribution in [0.1, 0.15) is 16.1 Å². The number of halogens is 1. The number of fused-ring (bicyclic) bond motifs is 1. The van der Waals surface area contributed by atoms with E-state index in [2.05, 4.69) is 0 Å². The van der Waals surface area contributed by atoms with Gasteiger partial charge in [0.15, 0.2) is 17.6 Å². The minimum atomic E-state index is 0.350. The van der Waals surface area contributed by atoms with Gasteiger partial charge in [0.25, 0.3) is 0 Å². The molecule has 0 saturated carbocycles. The van der Waals surface area contributed by atoms with Gasteiger partial charge in [-0.1, -0.05) is 23.7 Å². The predicted octanol–water partition coefficient (Wildman–Crippen LogP) is 3.21. The summed E-state index contributed by atoms with van der Waals surface area (Å²) in [4.78, 5) is 10.6. The van der Waals surface area contributed by atoms with E-state index in [0.717, 1.165) is 10.9 Å². The summed E-state index contributed by atoms with van der Waals surface area (Å²) in [6.45, 7) is 1.84. The van der Waals surface area contributed by atoms with Gasteiger partial charge in [-0.2, -0.15) is 0 Å². The Kier molecular flexibility index (Phi) is 1.85. The van der Waals surface area contributed by atoms with Crippen molar-refractivity contribution in [3.05, 3.63) is 34.5 Å². The third-order valence-corrected chi connectivity index (χ3v) is 2.36. The van der Waals surface area contributed by atoms with Crippen molar-refractivity contribution < 1.29 is 9.21 Å². The average Bonchev–Trinajstić information content (AvgIpc) is 2.45. The van der Waals surface area contributed by atoms with Gasteiger partial charge in [-0.05, 0) is 13.0 Å². The number of hydrogen-bond donors (Lipinski definition) is 0. The molecule has 0 spiro atoms. The zero-order chi connectivity index (χ0) is 9.42. The number of benzene rings is 1.